The monoisotopic (exact) mass is 383 g/mol. The van der Waals surface area contributed by atoms with Crippen LogP contribution in [-0.2, 0) is 15.0 Å². The van der Waals surface area contributed by atoms with E-state index in [-0.39, 0.29) is 22.7 Å². The van der Waals surface area contributed by atoms with Crippen LogP contribution in [0.3, 0.4) is 0 Å². The van der Waals surface area contributed by atoms with Gasteiger partial charge in [-0.1, -0.05) is 31.5 Å². The molecule has 0 radical (unpaired) electrons. The smallest absolute Gasteiger partial charge is 0.234 e. The normalized spacial score (nSPS) is 28.0. The van der Waals surface area contributed by atoms with Crippen LogP contribution < -0.4 is 0 Å². The quantitative estimate of drug-likeness (QED) is 0.784. The van der Waals surface area contributed by atoms with Gasteiger partial charge in [0.25, 0.3) is 0 Å². The second-order valence-electron chi connectivity index (χ2n) is 8.84. The fourth-order valence-electron chi connectivity index (χ4n) is 4.83. The first-order valence-electron chi connectivity index (χ1n) is 9.31. The zero-order valence-electron chi connectivity index (χ0n) is 15.6. The van der Waals surface area contributed by atoms with Gasteiger partial charge >= 0.3 is 0 Å². The highest BCUT2D eigenvalue weighted by molar-refractivity contribution is 6.30. The third kappa shape index (κ3) is 2.87. The molecule has 1 aromatic rings. The van der Waals surface area contributed by atoms with Crippen molar-refractivity contribution in [3.63, 3.8) is 0 Å². The first kappa shape index (κ1) is 18.2. The maximum absolute atomic E-state index is 13.3. The van der Waals surface area contributed by atoms with E-state index >= 15 is 0 Å². The number of ketones is 1. The maximum Gasteiger partial charge on any atom is 0.234 e. The Hall–Kier alpha value is -2.19. The van der Waals surface area contributed by atoms with E-state index in [1.807, 2.05) is 30.9 Å². The number of amides is 1. The second-order valence-corrected chi connectivity index (χ2v) is 9.28. The van der Waals surface area contributed by atoms with Crippen LogP contribution in [0.4, 0.5) is 0 Å². The average molecular weight is 384 g/mol. The van der Waals surface area contributed by atoms with Crippen molar-refractivity contribution in [2.45, 2.75) is 44.9 Å². The van der Waals surface area contributed by atoms with Crippen molar-refractivity contribution in [1.82, 2.24) is 9.88 Å². The number of rotatable bonds is 2. The van der Waals surface area contributed by atoms with Gasteiger partial charge in [0.1, 0.15) is 6.07 Å². The first-order chi connectivity index (χ1) is 12.7. The summed E-state index contributed by atoms with van der Waals surface area (Å²) in [5.41, 5.74) is -0.376. The van der Waals surface area contributed by atoms with Crippen molar-refractivity contribution >= 4 is 23.3 Å². The van der Waals surface area contributed by atoms with E-state index in [1.54, 1.807) is 12.3 Å². The van der Waals surface area contributed by atoms with Crippen molar-refractivity contribution in [2.24, 2.45) is 10.8 Å². The van der Waals surface area contributed by atoms with Crippen molar-refractivity contribution in [2.75, 3.05) is 13.1 Å². The van der Waals surface area contributed by atoms with Crippen molar-refractivity contribution in [3.8, 4) is 6.07 Å². The molecule has 1 amide bonds. The summed E-state index contributed by atoms with van der Waals surface area (Å²) in [6, 6.07) is 5.68. The van der Waals surface area contributed by atoms with Crippen LogP contribution >= 0.6 is 11.6 Å². The zero-order valence-corrected chi connectivity index (χ0v) is 16.3. The Bertz CT molecular complexity index is 893. The van der Waals surface area contributed by atoms with E-state index in [9.17, 15) is 14.9 Å². The Morgan fingerprint density at radius 1 is 1.30 bits per heavy atom. The highest BCUT2D eigenvalue weighted by Gasteiger charge is 2.57. The predicted molar refractivity (Wildman–Crippen MR) is 101 cm³/mol. The number of nitrogens with zero attached hydrogens (tertiary/aromatic N) is 3. The van der Waals surface area contributed by atoms with Gasteiger partial charge in [0.15, 0.2) is 5.78 Å². The molecule has 1 aliphatic heterocycles. The summed E-state index contributed by atoms with van der Waals surface area (Å²) in [5.74, 6) is 0.0141. The highest BCUT2D eigenvalue weighted by atomic mass is 35.5. The van der Waals surface area contributed by atoms with Crippen LogP contribution in [0.2, 0.25) is 5.02 Å². The van der Waals surface area contributed by atoms with Gasteiger partial charge in [-0.25, -0.2) is 0 Å². The van der Waals surface area contributed by atoms with Gasteiger partial charge in [-0.2, -0.15) is 5.26 Å². The molecule has 2 heterocycles. The minimum absolute atomic E-state index is 0.0931. The molecule has 2 fully saturated rings. The average Bonchev–Trinajstić information content (AvgIpc) is 3.34. The number of halogens is 1. The molecule has 1 spiro atoms. The number of hydrogen-bond donors (Lipinski definition) is 0. The fourth-order valence-corrected chi connectivity index (χ4v) is 4.94. The van der Waals surface area contributed by atoms with Crippen LogP contribution in [0.25, 0.3) is 0 Å². The molecule has 1 aromatic heterocycles. The molecule has 0 bridgehead atoms. The Balaban J connectivity index is 1.59. The van der Waals surface area contributed by atoms with Gasteiger partial charge in [-0.05, 0) is 37.8 Å². The predicted octanol–water partition coefficient (Wildman–Crippen LogP) is 3.43. The Kier molecular flexibility index (Phi) is 3.98. The minimum Gasteiger partial charge on any atom is -0.341 e. The van der Waals surface area contributed by atoms with Crippen LogP contribution in [0, 0.1) is 22.2 Å². The molecule has 4 rings (SSSR count). The summed E-state index contributed by atoms with van der Waals surface area (Å²) in [6.45, 7) is 4.99. The summed E-state index contributed by atoms with van der Waals surface area (Å²) < 4.78 is 0. The number of likely N-dealkylation sites (tertiary alicyclic amines) is 1. The molecule has 0 N–H and O–H groups in total. The lowest BCUT2D eigenvalue weighted by Gasteiger charge is -2.38. The summed E-state index contributed by atoms with van der Waals surface area (Å²) >= 11 is 5.93. The lowest BCUT2D eigenvalue weighted by molar-refractivity contribution is -0.133. The summed E-state index contributed by atoms with van der Waals surface area (Å²) in [4.78, 5) is 32.0. The lowest BCUT2D eigenvalue weighted by Crippen LogP contribution is -2.43. The van der Waals surface area contributed by atoms with E-state index in [4.69, 9.17) is 11.6 Å². The molecule has 2 aliphatic carbocycles. The van der Waals surface area contributed by atoms with Gasteiger partial charge in [-0.3, -0.25) is 14.6 Å². The molecule has 0 aromatic carbocycles. The Morgan fingerprint density at radius 2 is 2.04 bits per heavy atom. The maximum atomic E-state index is 13.3. The number of aromatic nitrogens is 1. The van der Waals surface area contributed by atoms with Gasteiger partial charge in [-0.15, -0.1) is 0 Å². The van der Waals surface area contributed by atoms with Crippen molar-refractivity contribution in [3.05, 3.63) is 40.7 Å². The van der Waals surface area contributed by atoms with Crippen LogP contribution in [-0.4, -0.2) is 34.7 Å². The van der Waals surface area contributed by atoms with Crippen LogP contribution in [0.1, 0.15) is 45.2 Å². The molecule has 1 saturated heterocycles. The third-order valence-corrected chi connectivity index (χ3v) is 6.50. The third-order valence-electron chi connectivity index (χ3n) is 6.27. The van der Waals surface area contributed by atoms with E-state index in [0.29, 0.717) is 24.5 Å². The Labute approximate surface area is 164 Å². The first-order valence-corrected chi connectivity index (χ1v) is 9.68. The number of pyridine rings is 1. The molecule has 3 aliphatic rings. The summed E-state index contributed by atoms with van der Waals surface area (Å²) in [7, 11) is 0. The van der Waals surface area contributed by atoms with E-state index in [2.05, 4.69) is 11.1 Å². The fraction of sp³-hybridized carbons (Fsp3) is 0.524. The zero-order chi connectivity index (χ0) is 19.4. The molecule has 5 nitrogen and oxygen atoms in total. The summed E-state index contributed by atoms with van der Waals surface area (Å²) in [6.07, 6.45) is 6.46. The van der Waals surface area contributed by atoms with Crippen molar-refractivity contribution < 1.29 is 9.59 Å². The minimum atomic E-state index is -0.576. The number of hydrogen-bond acceptors (Lipinski definition) is 4. The Morgan fingerprint density at radius 3 is 2.63 bits per heavy atom. The molecular formula is C21H22ClN3O2. The highest BCUT2D eigenvalue weighted by Crippen LogP contribution is 2.52. The number of carbonyl (C=O) groups is 2. The molecule has 6 heteroatoms. The van der Waals surface area contributed by atoms with E-state index in [0.717, 1.165) is 25.0 Å². The van der Waals surface area contributed by atoms with E-state index < -0.39 is 10.8 Å². The molecule has 0 unspecified atom stereocenters. The molecule has 1 saturated carbocycles. The number of allylic oxidation sites excluding steroid dienone is 1. The summed E-state index contributed by atoms with van der Waals surface area (Å²) in [5, 5.41) is 9.94. The largest absolute Gasteiger partial charge is 0.341 e. The lowest BCUT2D eigenvalue weighted by atomic mass is 9.64. The molecule has 1 atom stereocenters. The van der Waals surface area contributed by atoms with Gasteiger partial charge < -0.3 is 4.90 Å². The second kappa shape index (κ2) is 5.90. The van der Waals surface area contributed by atoms with Crippen molar-refractivity contribution in [1.29, 1.82) is 5.26 Å². The number of carbonyl (C=O) groups excluding carboxylic acids is 2. The van der Waals surface area contributed by atoms with Crippen LogP contribution in [0.15, 0.2) is 30.0 Å². The number of nitriles is 1. The molecule has 140 valence electrons. The van der Waals surface area contributed by atoms with Gasteiger partial charge in [0.05, 0.1) is 21.7 Å². The van der Waals surface area contributed by atoms with E-state index in [1.165, 1.54) is 0 Å². The topological polar surface area (TPSA) is 74.1 Å². The molecule has 27 heavy (non-hydrogen) atoms. The van der Waals surface area contributed by atoms with Crippen LogP contribution in [0.5, 0.6) is 0 Å². The number of Topliss-reactive ketones (excluding diaryl/α,β-unsaturated/α-hetero) is 1. The van der Waals surface area contributed by atoms with Gasteiger partial charge in [0.2, 0.25) is 5.91 Å². The van der Waals surface area contributed by atoms with Gasteiger partial charge in [0, 0.05) is 30.1 Å². The molecular weight excluding hydrogens is 362 g/mol. The SMILES string of the molecule is CC1(C)C[C@]2(C=C(C#N)C1=O)CCN(C(=O)C1(c3ccc(Cl)cn3)CC1)C2. The standard InChI is InChI=1S/C21H22ClN3O2/c1-19(2)12-20(9-14(10-23)17(19)26)7-8-25(13-20)18(27)21(5-6-21)16-4-3-15(22)11-24-16/h3-4,9,11H,5-8,12-13H2,1-2H3/t20-/m1/s1.